The topological polar surface area (TPSA) is 209 Å². The van der Waals surface area contributed by atoms with Gasteiger partial charge in [-0.1, -0.05) is 24.3 Å². The van der Waals surface area contributed by atoms with Crippen molar-refractivity contribution in [1.29, 1.82) is 0 Å². The first-order valence-corrected chi connectivity index (χ1v) is 13.3. The van der Waals surface area contributed by atoms with Crippen LogP contribution in [-0.2, 0) is 34.5 Å². The molecular weight excluding hydrogens is 544 g/mol. The van der Waals surface area contributed by atoms with Crippen molar-refractivity contribution in [3.8, 4) is 0 Å². The van der Waals surface area contributed by atoms with E-state index in [1.54, 1.807) is 12.1 Å². The monoisotopic (exact) mass is 559 g/mol. The molecule has 12 nitrogen and oxygen atoms in total. The van der Waals surface area contributed by atoms with E-state index in [4.69, 9.17) is 5.73 Å². The zero-order valence-corrected chi connectivity index (χ0v) is 24.9. The second-order valence-corrected chi connectivity index (χ2v) is 11.1. The summed E-state index contributed by atoms with van der Waals surface area (Å²) < 4.78 is 94.4. The van der Waals surface area contributed by atoms with Crippen LogP contribution < -0.4 is 64.8 Å². The van der Waals surface area contributed by atoms with E-state index in [-0.39, 0.29) is 86.5 Å². The molecule has 3 aromatic rings. The summed E-state index contributed by atoms with van der Waals surface area (Å²) in [7, 11) is -13.8. The average molecular weight is 560 g/mol. The minimum Gasteiger partial charge on any atom is -0.744 e. The van der Waals surface area contributed by atoms with E-state index >= 15 is 0 Å². The number of rotatable bonds is 8. The van der Waals surface area contributed by atoms with Gasteiger partial charge in [-0.2, -0.15) is 5.11 Å². The number of fused-ring (bicyclic) bond motifs is 1. The molecule has 3 rings (SSSR count). The molecule has 176 valence electrons. The van der Waals surface area contributed by atoms with Crippen molar-refractivity contribution in [2.45, 2.75) is 9.79 Å². The minimum absolute atomic E-state index is 0. The summed E-state index contributed by atoms with van der Waals surface area (Å²) in [4.78, 5) is -0.691. The van der Waals surface area contributed by atoms with Crippen LogP contribution in [0.15, 0.2) is 74.6 Å². The molecular formula is C18H15N3Na2O9S3. The van der Waals surface area contributed by atoms with Crippen LogP contribution in [0.3, 0.4) is 0 Å². The molecule has 0 amide bonds. The fraction of sp³-hybridized carbons (Fsp3) is 0.111. The molecule has 0 radical (unpaired) electrons. The number of anilines is 1. The summed E-state index contributed by atoms with van der Waals surface area (Å²) in [5.74, 6) is -0.741. The number of hydrogen-bond donors (Lipinski definition) is 1. The number of benzene rings is 3. The maximum atomic E-state index is 12.2. The van der Waals surface area contributed by atoms with Crippen LogP contribution in [0.5, 0.6) is 0 Å². The smallest absolute Gasteiger partial charge is 0.744 e. The van der Waals surface area contributed by atoms with Crippen molar-refractivity contribution in [3.63, 3.8) is 0 Å². The Morgan fingerprint density at radius 1 is 0.829 bits per heavy atom. The van der Waals surface area contributed by atoms with Gasteiger partial charge in [-0.05, 0) is 30.3 Å². The quantitative estimate of drug-likeness (QED) is 0.0929. The van der Waals surface area contributed by atoms with Gasteiger partial charge >= 0.3 is 59.1 Å². The molecule has 0 atom stereocenters. The van der Waals surface area contributed by atoms with Crippen LogP contribution >= 0.6 is 0 Å². The number of azo groups is 1. The zero-order chi connectivity index (χ0) is 24.4. The van der Waals surface area contributed by atoms with Crippen LogP contribution in [0, 0.1) is 0 Å². The Morgan fingerprint density at radius 2 is 1.40 bits per heavy atom. The number of hydrogen-bond acceptors (Lipinski definition) is 12. The molecule has 0 unspecified atom stereocenters. The predicted molar refractivity (Wildman–Crippen MR) is 115 cm³/mol. The minimum atomic E-state index is -5.01. The molecule has 0 aromatic heterocycles. The van der Waals surface area contributed by atoms with E-state index in [1.165, 1.54) is 36.4 Å². The summed E-state index contributed by atoms with van der Waals surface area (Å²) in [6.07, 6.45) is 0. The summed E-state index contributed by atoms with van der Waals surface area (Å²) in [5, 5.41) is 8.23. The SMILES string of the molecule is Nc1c(N=Nc2ccc(S(=O)(=O)CCOS(=O)(=O)[O-])cc2)cc(S(=O)(=O)[O-])c2ccccc12.[Na+].[Na+]. The van der Waals surface area contributed by atoms with Crippen LogP contribution in [-0.4, -0.2) is 46.7 Å². The van der Waals surface area contributed by atoms with Crippen molar-refractivity contribution in [3.05, 3.63) is 54.6 Å². The molecule has 2 N–H and O–H groups in total. The van der Waals surface area contributed by atoms with Crippen LogP contribution in [0.4, 0.5) is 17.1 Å². The van der Waals surface area contributed by atoms with E-state index in [1.807, 2.05) is 0 Å². The standard InChI is InChI=1S/C18H17N3O9S3.2Na/c19-18-15-4-2-1-3-14(15)17(32(24,25)26)11-16(18)21-20-12-5-7-13(8-6-12)31(22,23)10-9-30-33(27,28)29;;/h1-8,11H,9-10,19H2,(H,24,25,26)(H,27,28,29);;/q;2*+1/p-2. The van der Waals surface area contributed by atoms with Crippen LogP contribution in [0.2, 0.25) is 0 Å². The number of nitrogens with zero attached hydrogens (tertiary/aromatic N) is 2. The predicted octanol–water partition coefficient (Wildman–Crippen LogP) is -4.00. The normalized spacial score (nSPS) is 12.3. The Hall–Kier alpha value is -0.950. The van der Waals surface area contributed by atoms with E-state index in [0.29, 0.717) is 5.39 Å². The summed E-state index contributed by atoms with van der Waals surface area (Å²) in [6.45, 7) is -0.832. The van der Waals surface area contributed by atoms with Crippen molar-refractivity contribution in [2.24, 2.45) is 10.2 Å². The van der Waals surface area contributed by atoms with Gasteiger partial charge in [-0.3, -0.25) is 4.18 Å². The van der Waals surface area contributed by atoms with Crippen molar-refractivity contribution in [1.82, 2.24) is 0 Å². The summed E-state index contributed by atoms with van der Waals surface area (Å²) in [6, 6.07) is 12.0. The molecule has 0 saturated heterocycles. The van der Waals surface area contributed by atoms with E-state index in [0.717, 1.165) is 6.07 Å². The second kappa shape index (κ2) is 12.5. The molecule has 0 bridgehead atoms. The van der Waals surface area contributed by atoms with Gasteiger partial charge in [0.25, 0.3) is 0 Å². The van der Waals surface area contributed by atoms with Gasteiger partial charge in [0.2, 0.25) is 10.4 Å². The third kappa shape index (κ3) is 8.55. The van der Waals surface area contributed by atoms with Gasteiger partial charge in [0.05, 0.1) is 33.5 Å². The maximum Gasteiger partial charge on any atom is 1.00 e. The van der Waals surface area contributed by atoms with Gasteiger partial charge in [-0.15, -0.1) is 5.11 Å². The van der Waals surface area contributed by atoms with Gasteiger partial charge in [-0.25, -0.2) is 25.3 Å². The third-order valence-corrected chi connectivity index (χ3v) is 7.37. The molecule has 0 spiro atoms. The Kier molecular flexibility index (Phi) is 11.5. The van der Waals surface area contributed by atoms with E-state index in [2.05, 4.69) is 14.4 Å². The first-order valence-electron chi connectivity index (χ1n) is 8.90. The summed E-state index contributed by atoms with van der Waals surface area (Å²) >= 11 is 0. The Morgan fingerprint density at radius 3 is 1.94 bits per heavy atom. The molecule has 35 heavy (non-hydrogen) atoms. The van der Waals surface area contributed by atoms with Crippen molar-refractivity contribution < 1.29 is 97.7 Å². The molecule has 0 heterocycles. The fourth-order valence-electron chi connectivity index (χ4n) is 2.84. The number of sulfone groups is 1. The number of nitrogens with two attached hydrogens (primary N) is 1. The largest absolute Gasteiger partial charge is 1.00 e. The molecule has 0 aliphatic rings. The maximum absolute atomic E-state index is 12.2. The molecule has 0 aliphatic heterocycles. The Balaban J connectivity index is 0.00000306. The Labute approximate surface area is 246 Å². The van der Waals surface area contributed by atoms with Gasteiger partial charge in [0.1, 0.15) is 15.8 Å². The zero-order valence-electron chi connectivity index (χ0n) is 18.5. The molecule has 17 heteroatoms. The van der Waals surface area contributed by atoms with Gasteiger partial charge in [0.15, 0.2) is 9.84 Å². The van der Waals surface area contributed by atoms with E-state index in [9.17, 15) is 34.4 Å². The fourth-order valence-corrected chi connectivity index (χ4v) is 5.02. The Bertz CT molecular complexity index is 1560. The van der Waals surface area contributed by atoms with Crippen molar-refractivity contribution >= 4 is 58.2 Å². The number of nitrogen functional groups attached to an aromatic ring is 1. The third-order valence-electron chi connectivity index (χ3n) is 4.34. The molecule has 0 saturated carbocycles. The second-order valence-electron chi connectivity index (χ2n) is 6.55. The average Bonchev–Trinajstić information content (AvgIpc) is 2.72. The molecule has 0 aliphatic carbocycles. The van der Waals surface area contributed by atoms with Gasteiger partial charge in [0, 0.05) is 10.8 Å². The van der Waals surface area contributed by atoms with Crippen molar-refractivity contribution in [2.75, 3.05) is 18.1 Å². The van der Waals surface area contributed by atoms with Crippen LogP contribution in [0.25, 0.3) is 10.8 Å². The van der Waals surface area contributed by atoms with Gasteiger partial charge < -0.3 is 14.8 Å². The molecule has 0 fully saturated rings. The first-order chi connectivity index (χ1) is 15.3. The summed E-state index contributed by atoms with van der Waals surface area (Å²) in [5.41, 5.74) is 6.24. The molecule has 3 aromatic carbocycles. The first kappa shape index (κ1) is 32.1. The van der Waals surface area contributed by atoms with Crippen LogP contribution in [0.1, 0.15) is 0 Å². The van der Waals surface area contributed by atoms with E-state index < -0.39 is 47.6 Å².